The molecule has 100 valence electrons. The Bertz CT molecular complexity index is 323. The predicted molar refractivity (Wildman–Crippen MR) is 71.0 cm³/mol. The monoisotopic (exact) mass is 248 g/mol. The predicted octanol–water partition coefficient (Wildman–Crippen LogP) is 3.71. The first-order valence-corrected chi connectivity index (χ1v) is 7.43. The Morgan fingerprint density at radius 1 is 1.28 bits per heavy atom. The van der Waals surface area contributed by atoms with Gasteiger partial charge in [0.25, 0.3) is 0 Å². The van der Waals surface area contributed by atoms with E-state index in [4.69, 9.17) is 4.74 Å². The fourth-order valence-electron chi connectivity index (χ4n) is 4.95. The number of ether oxygens (including phenoxy) is 1. The van der Waals surface area contributed by atoms with Crippen LogP contribution in [0.15, 0.2) is 12.7 Å². The summed E-state index contributed by atoms with van der Waals surface area (Å²) in [5.74, 6) is 2.51. The number of esters is 1. The van der Waals surface area contributed by atoms with E-state index in [0.717, 1.165) is 43.4 Å². The second-order valence-electron chi connectivity index (χ2n) is 6.94. The van der Waals surface area contributed by atoms with E-state index in [2.05, 4.69) is 6.58 Å². The van der Waals surface area contributed by atoms with Gasteiger partial charge in [0.05, 0.1) is 5.41 Å². The third kappa shape index (κ3) is 2.00. The van der Waals surface area contributed by atoms with Gasteiger partial charge in [0, 0.05) is 6.42 Å². The van der Waals surface area contributed by atoms with E-state index < -0.39 is 0 Å². The third-order valence-corrected chi connectivity index (χ3v) is 5.28. The number of carbonyl (C=O) groups is 1. The summed E-state index contributed by atoms with van der Waals surface area (Å²) in [4.78, 5) is 12.5. The minimum absolute atomic E-state index is 0.0111. The Morgan fingerprint density at radius 3 is 2.22 bits per heavy atom. The molecule has 18 heavy (non-hydrogen) atoms. The van der Waals surface area contributed by atoms with Gasteiger partial charge in [-0.25, -0.2) is 0 Å². The molecule has 1 unspecified atom stereocenters. The van der Waals surface area contributed by atoms with Crippen molar-refractivity contribution in [1.29, 1.82) is 0 Å². The lowest BCUT2D eigenvalue weighted by Gasteiger charge is -2.55. The van der Waals surface area contributed by atoms with Gasteiger partial charge in [-0.3, -0.25) is 4.79 Å². The van der Waals surface area contributed by atoms with E-state index in [0.29, 0.717) is 0 Å². The maximum absolute atomic E-state index is 12.5. The van der Waals surface area contributed by atoms with Gasteiger partial charge in [0.15, 0.2) is 0 Å². The lowest BCUT2D eigenvalue weighted by atomic mass is 9.49. The van der Waals surface area contributed by atoms with Crippen LogP contribution in [0.4, 0.5) is 0 Å². The first-order chi connectivity index (χ1) is 8.61. The fourth-order valence-corrected chi connectivity index (χ4v) is 4.95. The minimum Gasteiger partial charge on any atom is -0.462 e. The lowest BCUT2D eigenvalue weighted by Crippen LogP contribution is -2.51. The van der Waals surface area contributed by atoms with Gasteiger partial charge in [0.2, 0.25) is 0 Å². The quantitative estimate of drug-likeness (QED) is 0.560. The summed E-state index contributed by atoms with van der Waals surface area (Å²) in [6.07, 6.45) is 9.98. The maximum atomic E-state index is 12.5. The number of rotatable bonds is 4. The highest BCUT2D eigenvalue weighted by Gasteiger charge is 2.55. The molecule has 4 saturated carbocycles. The molecule has 0 spiro atoms. The number of hydrogen-bond donors (Lipinski definition) is 0. The van der Waals surface area contributed by atoms with Gasteiger partial charge in [0.1, 0.15) is 6.10 Å². The maximum Gasteiger partial charge on any atom is 0.312 e. The molecule has 0 amide bonds. The van der Waals surface area contributed by atoms with Crippen LogP contribution >= 0.6 is 0 Å². The summed E-state index contributed by atoms with van der Waals surface area (Å²) in [6, 6.07) is 0. The highest BCUT2D eigenvalue weighted by Crippen LogP contribution is 2.60. The summed E-state index contributed by atoms with van der Waals surface area (Å²) in [6.45, 7) is 5.68. The van der Waals surface area contributed by atoms with E-state index in [1.165, 1.54) is 19.3 Å². The lowest BCUT2D eigenvalue weighted by molar-refractivity contribution is -0.176. The van der Waals surface area contributed by atoms with Crippen LogP contribution < -0.4 is 0 Å². The average Bonchev–Trinajstić information content (AvgIpc) is 2.27. The van der Waals surface area contributed by atoms with Gasteiger partial charge in [-0.05, 0) is 63.2 Å². The van der Waals surface area contributed by atoms with Crippen molar-refractivity contribution in [3.8, 4) is 0 Å². The molecule has 0 aromatic carbocycles. The Morgan fingerprint density at radius 2 is 1.78 bits per heavy atom. The molecule has 0 heterocycles. The molecule has 4 bridgehead atoms. The first-order valence-electron chi connectivity index (χ1n) is 7.43. The van der Waals surface area contributed by atoms with Gasteiger partial charge >= 0.3 is 5.97 Å². The topological polar surface area (TPSA) is 26.3 Å². The van der Waals surface area contributed by atoms with E-state index in [1.54, 1.807) is 0 Å². The standard InChI is InChI=1S/C16H24O2/c1-3-4-11(2)18-15(17)16-8-12-5-13(9-16)7-14(6-12)10-16/h3,11-14H,1,4-10H2,2H3. The molecular formula is C16H24O2. The molecule has 1 atom stereocenters. The summed E-state index contributed by atoms with van der Waals surface area (Å²) in [5, 5.41) is 0. The van der Waals surface area contributed by atoms with Crippen LogP contribution in [-0.4, -0.2) is 12.1 Å². The van der Waals surface area contributed by atoms with Gasteiger partial charge < -0.3 is 4.74 Å². The summed E-state index contributed by atoms with van der Waals surface area (Å²) in [7, 11) is 0. The van der Waals surface area contributed by atoms with Crippen LogP contribution in [0.1, 0.15) is 51.9 Å². The Labute approximate surface area is 110 Å². The molecule has 0 saturated heterocycles. The van der Waals surface area contributed by atoms with E-state index in [9.17, 15) is 4.79 Å². The molecule has 0 radical (unpaired) electrons. The van der Waals surface area contributed by atoms with Crippen molar-refractivity contribution >= 4 is 5.97 Å². The average molecular weight is 248 g/mol. The molecule has 4 aliphatic carbocycles. The molecule has 0 aliphatic heterocycles. The van der Waals surface area contributed by atoms with E-state index in [-0.39, 0.29) is 17.5 Å². The SMILES string of the molecule is C=CCC(C)OC(=O)C12CC3CC(CC(C3)C1)C2. The fraction of sp³-hybridized carbons (Fsp3) is 0.812. The number of hydrogen-bond acceptors (Lipinski definition) is 2. The summed E-state index contributed by atoms with van der Waals surface area (Å²) >= 11 is 0. The Hall–Kier alpha value is -0.790. The van der Waals surface area contributed by atoms with Crippen molar-refractivity contribution in [1.82, 2.24) is 0 Å². The third-order valence-electron chi connectivity index (χ3n) is 5.28. The van der Waals surface area contributed by atoms with Gasteiger partial charge in [-0.1, -0.05) is 6.08 Å². The van der Waals surface area contributed by atoms with Gasteiger partial charge in [-0.15, -0.1) is 6.58 Å². The molecule has 2 nitrogen and oxygen atoms in total. The molecule has 4 rings (SSSR count). The molecular weight excluding hydrogens is 224 g/mol. The van der Waals surface area contributed by atoms with Crippen molar-refractivity contribution in [3.05, 3.63) is 12.7 Å². The van der Waals surface area contributed by atoms with Crippen LogP contribution in [0.25, 0.3) is 0 Å². The van der Waals surface area contributed by atoms with Crippen molar-refractivity contribution in [2.75, 3.05) is 0 Å². The minimum atomic E-state index is -0.107. The van der Waals surface area contributed by atoms with Crippen molar-refractivity contribution < 1.29 is 9.53 Å². The van der Waals surface area contributed by atoms with E-state index >= 15 is 0 Å². The highest BCUT2D eigenvalue weighted by atomic mass is 16.5. The molecule has 0 aromatic heterocycles. The molecule has 0 N–H and O–H groups in total. The van der Waals surface area contributed by atoms with Gasteiger partial charge in [-0.2, -0.15) is 0 Å². The van der Waals surface area contributed by atoms with Crippen LogP contribution in [0.2, 0.25) is 0 Å². The van der Waals surface area contributed by atoms with Crippen molar-refractivity contribution in [2.45, 2.75) is 58.0 Å². The van der Waals surface area contributed by atoms with Crippen LogP contribution in [0.5, 0.6) is 0 Å². The zero-order valence-electron chi connectivity index (χ0n) is 11.4. The molecule has 4 aliphatic rings. The van der Waals surface area contributed by atoms with Crippen LogP contribution in [0, 0.1) is 23.2 Å². The summed E-state index contributed by atoms with van der Waals surface area (Å²) < 4.78 is 5.67. The molecule has 2 heteroatoms. The second kappa shape index (κ2) is 4.40. The Balaban J connectivity index is 1.71. The largest absolute Gasteiger partial charge is 0.462 e. The van der Waals surface area contributed by atoms with Crippen molar-refractivity contribution in [3.63, 3.8) is 0 Å². The smallest absolute Gasteiger partial charge is 0.312 e. The Kier molecular flexibility index (Phi) is 2.99. The zero-order chi connectivity index (χ0) is 12.8. The molecule has 0 aromatic rings. The highest BCUT2D eigenvalue weighted by molar-refractivity contribution is 5.77. The normalized spacial score (nSPS) is 42.6. The van der Waals surface area contributed by atoms with Crippen LogP contribution in [0.3, 0.4) is 0 Å². The number of carbonyl (C=O) groups excluding carboxylic acids is 1. The van der Waals surface area contributed by atoms with E-state index in [1.807, 2.05) is 13.0 Å². The molecule has 4 fully saturated rings. The zero-order valence-corrected chi connectivity index (χ0v) is 11.4. The first kappa shape index (κ1) is 12.3. The van der Waals surface area contributed by atoms with Crippen LogP contribution in [-0.2, 0) is 9.53 Å². The second-order valence-corrected chi connectivity index (χ2v) is 6.94. The van der Waals surface area contributed by atoms with Crippen molar-refractivity contribution in [2.24, 2.45) is 23.2 Å². The summed E-state index contributed by atoms with van der Waals surface area (Å²) in [5.41, 5.74) is -0.107.